The smallest absolute Gasteiger partial charge is 0.272 e. The van der Waals surface area contributed by atoms with E-state index in [9.17, 15) is 4.79 Å². The van der Waals surface area contributed by atoms with Crippen LogP contribution in [0.4, 0.5) is 5.69 Å². The highest BCUT2D eigenvalue weighted by atomic mass is 32.1. The summed E-state index contributed by atoms with van der Waals surface area (Å²) in [5, 5.41) is 11.4. The van der Waals surface area contributed by atoms with Gasteiger partial charge in [-0.2, -0.15) is 5.10 Å². The van der Waals surface area contributed by atoms with Crippen molar-refractivity contribution in [3.8, 4) is 0 Å². The number of nitrogens with one attached hydrogen (secondary N) is 2. The number of nitrogens with zero attached hydrogens (tertiary/aromatic N) is 2. The molecule has 4 N–H and O–H groups in total. The van der Waals surface area contributed by atoms with Crippen molar-refractivity contribution in [2.75, 3.05) is 5.73 Å². The van der Waals surface area contributed by atoms with Crippen LogP contribution in [0.25, 0.3) is 10.9 Å². The van der Waals surface area contributed by atoms with Crippen molar-refractivity contribution < 1.29 is 4.79 Å². The van der Waals surface area contributed by atoms with E-state index in [1.54, 1.807) is 29.7 Å². The van der Waals surface area contributed by atoms with Gasteiger partial charge in [0.1, 0.15) is 5.01 Å². The summed E-state index contributed by atoms with van der Waals surface area (Å²) in [5.41, 5.74) is 7.49. The van der Waals surface area contributed by atoms with Gasteiger partial charge < -0.3 is 11.1 Å². The zero-order valence-electron chi connectivity index (χ0n) is 11.7. The van der Waals surface area contributed by atoms with E-state index in [-0.39, 0.29) is 11.9 Å². The maximum Gasteiger partial charge on any atom is 0.272 e. The van der Waals surface area contributed by atoms with Crippen molar-refractivity contribution in [1.82, 2.24) is 20.5 Å². The highest BCUT2D eigenvalue weighted by Crippen LogP contribution is 2.22. The van der Waals surface area contributed by atoms with Gasteiger partial charge >= 0.3 is 0 Å². The van der Waals surface area contributed by atoms with Crippen molar-refractivity contribution in [2.24, 2.45) is 0 Å². The SMILES string of the molecule is Cc1cnc(C(C)NC(=O)c2n[nH]c3ccc(N)cc23)s1. The molecule has 108 valence electrons. The van der Waals surface area contributed by atoms with Crippen LogP contribution in [0.2, 0.25) is 0 Å². The molecule has 0 aliphatic heterocycles. The number of hydrogen-bond acceptors (Lipinski definition) is 5. The monoisotopic (exact) mass is 301 g/mol. The molecule has 0 aliphatic rings. The van der Waals surface area contributed by atoms with Crippen LogP contribution in [0, 0.1) is 6.92 Å². The van der Waals surface area contributed by atoms with Crippen LogP contribution in [-0.4, -0.2) is 21.1 Å². The van der Waals surface area contributed by atoms with E-state index in [0.29, 0.717) is 11.4 Å². The number of amides is 1. The third-order valence-corrected chi connectivity index (χ3v) is 4.25. The second kappa shape index (κ2) is 5.17. The minimum atomic E-state index is -0.243. The summed E-state index contributed by atoms with van der Waals surface area (Å²) in [6.45, 7) is 3.89. The van der Waals surface area contributed by atoms with Crippen LogP contribution in [-0.2, 0) is 0 Å². The summed E-state index contributed by atoms with van der Waals surface area (Å²) in [4.78, 5) is 17.8. The highest BCUT2D eigenvalue weighted by Gasteiger charge is 2.18. The Morgan fingerprint density at radius 2 is 2.29 bits per heavy atom. The molecule has 0 bridgehead atoms. The lowest BCUT2D eigenvalue weighted by atomic mass is 10.2. The lowest BCUT2D eigenvalue weighted by Gasteiger charge is -2.10. The topological polar surface area (TPSA) is 96.7 Å². The maximum atomic E-state index is 12.4. The first-order chi connectivity index (χ1) is 10.0. The summed E-state index contributed by atoms with van der Waals surface area (Å²) in [6, 6.07) is 5.15. The Hall–Kier alpha value is -2.41. The number of fused-ring (bicyclic) bond motifs is 1. The average Bonchev–Trinajstić information content (AvgIpc) is 3.04. The average molecular weight is 301 g/mol. The molecule has 6 nitrogen and oxygen atoms in total. The molecule has 2 heterocycles. The molecule has 1 aromatic carbocycles. The molecule has 0 saturated heterocycles. The van der Waals surface area contributed by atoms with E-state index in [1.165, 1.54) is 0 Å². The number of nitrogen functional groups attached to an aromatic ring is 1. The molecule has 1 amide bonds. The van der Waals surface area contributed by atoms with Gasteiger partial charge in [-0.3, -0.25) is 9.89 Å². The maximum absolute atomic E-state index is 12.4. The molecule has 7 heteroatoms. The van der Waals surface area contributed by atoms with Crippen molar-refractivity contribution in [3.05, 3.63) is 40.0 Å². The van der Waals surface area contributed by atoms with Crippen LogP contribution < -0.4 is 11.1 Å². The molecular formula is C14H15N5OS. The van der Waals surface area contributed by atoms with Crippen molar-refractivity contribution in [1.29, 1.82) is 0 Å². The van der Waals surface area contributed by atoms with E-state index < -0.39 is 0 Å². The first-order valence-electron chi connectivity index (χ1n) is 6.51. The van der Waals surface area contributed by atoms with E-state index in [1.807, 2.05) is 19.9 Å². The van der Waals surface area contributed by atoms with Gasteiger partial charge in [0.25, 0.3) is 5.91 Å². The second-order valence-electron chi connectivity index (χ2n) is 4.88. The van der Waals surface area contributed by atoms with Gasteiger partial charge in [0.15, 0.2) is 5.69 Å². The van der Waals surface area contributed by atoms with Crippen LogP contribution in [0.5, 0.6) is 0 Å². The predicted molar refractivity (Wildman–Crippen MR) is 83.2 cm³/mol. The first-order valence-corrected chi connectivity index (χ1v) is 7.33. The summed E-state index contributed by atoms with van der Waals surface area (Å²) in [7, 11) is 0. The lowest BCUT2D eigenvalue weighted by molar-refractivity contribution is 0.0936. The first kappa shape index (κ1) is 13.6. The quantitative estimate of drug-likeness (QED) is 0.647. The molecular weight excluding hydrogens is 286 g/mol. The molecule has 3 aromatic rings. The number of aryl methyl sites for hydroxylation is 1. The molecule has 21 heavy (non-hydrogen) atoms. The molecule has 1 unspecified atom stereocenters. The Kier molecular flexibility index (Phi) is 3.34. The Labute approximate surface area is 125 Å². The van der Waals surface area contributed by atoms with Crippen molar-refractivity contribution >= 4 is 33.8 Å². The second-order valence-corrected chi connectivity index (χ2v) is 6.15. The molecule has 0 radical (unpaired) electrons. The molecule has 3 rings (SSSR count). The van der Waals surface area contributed by atoms with Crippen LogP contribution >= 0.6 is 11.3 Å². The predicted octanol–water partition coefficient (Wildman–Crippen LogP) is 2.40. The number of hydrogen-bond donors (Lipinski definition) is 3. The normalized spacial score (nSPS) is 12.5. The highest BCUT2D eigenvalue weighted by molar-refractivity contribution is 7.11. The van der Waals surface area contributed by atoms with Gasteiger partial charge in [0.2, 0.25) is 0 Å². The van der Waals surface area contributed by atoms with E-state index in [4.69, 9.17) is 5.73 Å². The minimum Gasteiger partial charge on any atom is -0.399 e. The largest absolute Gasteiger partial charge is 0.399 e. The summed E-state index contributed by atoms with van der Waals surface area (Å²) in [5.74, 6) is -0.243. The van der Waals surface area contributed by atoms with Gasteiger partial charge in [-0.15, -0.1) is 11.3 Å². The number of aromatic nitrogens is 3. The fourth-order valence-corrected chi connectivity index (χ4v) is 2.88. The van der Waals surface area contributed by atoms with E-state index in [0.717, 1.165) is 20.8 Å². The van der Waals surface area contributed by atoms with Crippen LogP contribution in [0.1, 0.15) is 33.3 Å². The zero-order valence-corrected chi connectivity index (χ0v) is 12.5. The Morgan fingerprint density at radius 3 is 3.00 bits per heavy atom. The number of anilines is 1. The van der Waals surface area contributed by atoms with E-state index in [2.05, 4.69) is 20.5 Å². The number of benzene rings is 1. The van der Waals surface area contributed by atoms with Gasteiger partial charge in [-0.05, 0) is 32.0 Å². The number of carbonyl (C=O) groups is 1. The Bertz CT molecular complexity index is 807. The summed E-state index contributed by atoms with van der Waals surface area (Å²) < 4.78 is 0. The van der Waals surface area contributed by atoms with Crippen LogP contribution in [0.3, 0.4) is 0 Å². The number of thiazole rings is 1. The fraction of sp³-hybridized carbons (Fsp3) is 0.214. The lowest BCUT2D eigenvalue weighted by Crippen LogP contribution is -2.27. The van der Waals surface area contributed by atoms with Crippen molar-refractivity contribution in [3.63, 3.8) is 0 Å². The van der Waals surface area contributed by atoms with Gasteiger partial charge in [0.05, 0.1) is 11.6 Å². The van der Waals surface area contributed by atoms with E-state index >= 15 is 0 Å². The molecule has 2 aromatic heterocycles. The minimum absolute atomic E-state index is 0.163. The number of carbonyl (C=O) groups excluding carboxylic acids is 1. The standard InChI is InChI=1S/C14H15N5OS/c1-7-6-16-14(21-7)8(2)17-13(20)12-10-5-9(15)3-4-11(10)18-19-12/h3-6,8H,15H2,1-2H3,(H,17,20)(H,18,19). The molecule has 0 saturated carbocycles. The number of H-pyrrole nitrogens is 1. The number of nitrogens with two attached hydrogens (primary N) is 1. The summed E-state index contributed by atoms with van der Waals surface area (Å²) >= 11 is 1.57. The van der Waals surface area contributed by atoms with Gasteiger partial charge in [-0.1, -0.05) is 0 Å². The Balaban J connectivity index is 1.85. The molecule has 0 aliphatic carbocycles. The van der Waals surface area contributed by atoms with Gasteiger partial charge in [0, 0.05) is 22.1 Å². The van der Waals surface area contributed by atoms with Crippen molar-refractivity contribution in [2.45, 2.75) is 19.9 Å². The zero-order chi connectivity index (χ0) is 15.0. The molecule has 0 spiro atoms. The van der Waals surface area contributed by atoms with Gasteiger partial charge in [-0.25, -0.2) is 4.98 Å². The number of aromatic amines is 1. The molecule has 0 fully saturated rings. The Morgan fingerprint density at radius 1 is 1.48 bits per heavy atom. The third kappa shape index (κ3) is 2.59. The third-order valence-electron chi connectivity index (χ3n) is 3.16. The molecule has 1 atom stereocenters. The number of rotatable bonds is 3. The fourth-order valence-electron chi connectivity index (χ4n) is 2.10. The van der Waals surface area contributed by atoms with Crippen LogP contribution in [0.15, 0.2) is 24.4 Å². The summed E-state index contributed by atoms with van der Waals surface area (Å²) in [6.07, 6.45) is 1.80.